The molecule has 33 heavy (non-hydrogen) atoms. The molecule has 3 aromatic carbocycles. The second-order valence-corrected chi connectivity index (χ2v) is 7.51. The Labute approximate surface area is 185 Å². The molecule has 0 saturated heterocycles. The van der Waals surface area contributed by atoms with Crippen LogP contribution in [0.5, 0.6) is 0 Å². The van der Waals surface area contributed by atoms with Crippen LogP contribution in [0.15, 0.2) is 54.6 Å². The normalized spacial score (nSPS) is 13.2. The highest BCUT2D eigenvalue weighted by Crippen LogP contribution is 2.44. The number of carboxylic acid groups (broad SMARTS) is 1. The largest absolute Gasteiger partial charge is 0.480 e. The highest BCUT2D eigenvalue weighted by atomic mass is 19.2. The van der Waals surface area contributed by atoms with Crippen molar-refractivity contribution in [1.82, 2.24) is 5.32 Å². The first-order chi connectivity index (χ1) is 15.8. The van der Waals surface area contributed by atoms with Crippen molar-refractivity contribution in [3.05, 3.63) is 94.6 Å². The SMILES string of the molecule is O=C(N[C@H](Cc1c(F)c(F)cc(F)c1F)C(=O)O)OCC1c2ccccc2-c2ccccc21. The number of carbonyl (C=O) groups excluding carboxylic acids is 1. The molecule has 0 radical (unpaired) electrons. The van der Waals surface area contributed by atoms with E-state index in [1.807, 2.05) is 53.8 Å². The Morgan fingerprint density at radius 1 is 0.909 bits per heavy atom. The molecule has 0 heterocycles. The predicted octanol–water partition coefficient (Wildman–Crippen LogP) is 4.78. The van der Waals surface area contributed by atoms with Crippen LogP contribution in [0.1, 0.15) is 22.6 Å². The third-order valence-corrected chi connectivity index (χ3v) is 5.54. The fraction of sp³-hybridized carbons (Fsp3) is 0.167. The monoisotopic (exact) mass is 459 g/mol. The van der Waals surface area contributed by atoms with E-state index in [0.717, 1.165) is 22.3 Å². The molecule has 4 rings (SSSR count). The summed E-state index contributed by atoms with van der Waals surface area (Å²) in [5, 5.41) is 11.3. The zero-order valence-corrected chi connectivity index (χ0v) is 16.9. The average molecular weight is 459 g/mol. The molecule has 1 atom stereocenters. The van der Waals surface area contributed by atoms with Gasteiger partial charge in [0.05, 0.1) is 0 Å². The van der Waals surface area contributed by atoms with Crippen LogP contribution in [0.4, 0.5) is 22.4 Å². The summed E-state index contributed by atoms with van der Waals surface area (Å²) >= 11 is 0. The molecule has 2 N–H and O–H groups in total. The minimum Gasteiger partial charge on any atom is -0.480 e. The van der Waals surface area contributed by atoms with E-state index in [9.17, 15) is 32.3 Å². The summed E-state index contributed by atoms with van der Waals surface area (Å²) in [6, 6.07) is 13.3. The van der Waals surface area contributed by atoms with Gasteiger partial charge in [0.25, 0.3) is 0 Å². The zero-order valence-electron chi connectivity index (χ0n) is 16.9. The lowest BCUT2D eigenvalue weighted by Crippen LogP contribution is -2.43. The van der Waals surface area contributed by atoms with Gasteiger partial charge in [-0.1, -0.05) is 48.5 Å². The number of hydrogen-bond donors (Lipinski definition) is 2. The number of alkyl carbamates (subject to hydrolysis) is 1. The van der Waals surface area contributed by atoms with Crippen LogP contribution >= 0.6 is 0 Å². The Morgan fingerprint density at radius 2 is 1.42 bits per heavy atom. The number of amides is 1. The smallest absolute Gasteiger partial charge is 0.407 e. The van der Waals surface area contributed by atoms with Gasteiger partial charge in [0.1, 0.15) is 12.6 Å². The molecule has 3 aromatic rings. The lowest BCUT2D eigenvalue weighted by atomic mass is 9.98. The number of nitrogens with one attached hydrogen (secondary N) is 1. The number of ether oxygens (including phenoxy) is 1. The van der Waals surface area contributed by atoms with Crippen LogP contribution in [0, 0.1) is 23.3 Å². The maximum Gasteiger partial charge on any atom is 0.407 e. The first-order valence-corrected chi connectivity index (χ1v) is 9.94. The predicted molar refractivity (Wildman–Crippen MR) is 110 cm³/mol. The molecule has 0 saturated carbocycles. The lowest BCUT2D eigenvalue weighted by Gasteiger charge is -2.18. The second kappa shape index (κ2) is 8.93. The molecule has 5 nitrogen and oxygen atoms in total. The number of carboxylic acids is 1. The van der Waals surface area contributed by atoms with Crippen molar-refractivity contribution in [3.8, 4) is 11.1 Å². The molecule has 0 aliphatic heterocycles. The molecule has 1 amide bonds. The van der Waals surface area contributed by atoms with Crippen molar-refractivity contribution in [2.75, 3.05) is 6.61 Å². The number of benzene rings is 3. The van der Waals surface area contributed by atoms with Crippen LogP contribution < -0.4 is 5.32 Å². The van der Waals surface area contributed by atoms with Gasteiger partial charge in [0.15, 0.2) is 23.3 Å². The average Bonchev–Trinajstić information content (AvgIpc) is 3.12. The Balaban J connectivity index is 1.48. The quantitative estimate of drug-likeness (QED) is 0.411. The standard InChI is InChI=1S/C24H17F4NO4/c25-18-10-19(26)22(28)16(21(18)27)9-20(23(30)31)29-24(32)33-11-17-14-7-3-1-5-12(14)13-6-2-4-8-15(13)17/h1-8,10,17,20H,9,11H2,(H,29,32)(H,30,31)/t20-/m1/s1. The minimum atomic E-state index is -1.88. The van der Waals surface area contributed by atoms with Gasteiger partial charge in [-0.3, -0.25) is 0 Å². The molecule has 1 aliphatic rings. The summed E-state index contributed by atoms with van der Waals surface area (Å²) in [5.74, 6) is -8.75. The topological polar surface area (TPSA) is 75.6 Å². The third kappa shape index (κ3) is 4.26. The van der Waals surface area contributed by atoms with E-state index in [0.29, 0.717) is 0 Å². The number of hydrogen-bond acceptors (Lipinski definition) is 3. The maximum atomic E-state index is 13.9. The van der Waals surface area contributed by atoms with Crippen LogP contribution in [0.2, 0.25) is 0 Å². The van der Waals surface area contributed by atoms with Gasteiger partial charge in [-0.05, 0) is 22.3 Å². The van der Waals surface area contributed by atoms with Crippen molar-refractivity contribution in [3.63, 3.8) is 0 Å². The van der Waals surface area contributed by atoms with Crippen LogP contribution in [0.25, 0.3) is 11.1 Å². The lowest BCUT2D eigenvalue weighted by molar-refractivity contribution is -0.139. The van der Waals surface area contributed by atoms with Gasteiger partial charge in [-0.25, -0.2) is 27.2 Å². The number of rotatable bonds is 6. The molecule has 9 heteroatoms. The molecule has 170 valence electrons. The van der Waals surface area contributed by atoms with Gasteiger partial charge in [0, 0.05) is 24.0 Å². The van der Waals surface area contributed by atoms with Crippen molar-refractivity contribution in [1.29, 1.82) is 0 Å². The summed E-state index contributed by atoms with van der Waals surface area (Å²) < 4.78 is 59.9. The molecule has 0 spiro atoms. The molecular weight excluding hydrogens is 442 g/mol. The molecular formula is C24H17F4NO4. The summed E-state index contributed by atoms with van der Waals surface area (Å²) in [4.78, 5) is 23.8. The summed E-state index contributed by atoms with van der Waals surface area (Å²) in [6.07, 6.45) is -2.17. The third-order valence-electron chi connectivity index (χ3n) is 5.54. The van der Waals surface area contributed by atoms with Crippen molar-refractivity contribution < 1.29 is 37.0 Å². The van der Waals surface area contributed by atoms with Crippen LogP contribution in [0.3, 0.4) is 0 Å². The summed E-state index contributed by atoms with van der Waals surface area (Å²) in [5.41, 5.74) is 2.72. The van der Waals surface area contributed by atoms with E-state index >= 15 is 0 Å². The fourth-order valence-electron chi connectivity index (χ4n) is 3.99. The first kappa shape index (κ1) is 22.3. The fourth-order valence-corrected chi connectivity index (χ4v) is 3.99. The van der Waals surface area contributed by atoms with Crippen LogP contribution in [-0.4, -0.2) is 29.8 Å². The Kier molecular flexibility index (Phi) is 6.04. The highest BCUT2D eigenvalue weighted by Gasteiger charge is 2.31. The van der Waals surface area contributed by atoms with Gasteiger partial charge < -0.3 is 15.2 Å². The second-order valence-electron chi connectivity index (χ2n) is 7.51. The Morgan fingerprint density at radius 3 is 1.94 bits per heavy atom. The summed E-state index contributed by atoms with van der Waals surface area (Å²) in [6.45, 7) is -0.122. The number of carbonyl (C=O) groups is 2. The van der Waals surface area contributed by atoms with Crippen LogP contribution in [-0.2, 0) is 16.0 Å². The molecule has 1 aliphatic carbocycles. The van der Waals surface area contributed by atoms with E-state index in [2.05, 4.69) is 0 Å². The minimum absolute atomic E-state index is 0.0168. The molecule has 0 fully saturated rings. The zero-order chi connectivity index (χ0) is 23.7. The van der Waals surface area contributed by atoms with Gasteiger partial charge in [-0.2, -0.15) is 0 Å². The van der Waals surface area contributed by atoms with Gasteiger partial charge >= 0.3 is 12.1 Å². The molecule has 0 bridgehead atoms. The van der Waals surface area contributed by atoms with Crippen molar-refractivity contribution in [2.45, 2.75) is 18.4 Å². The van der Waals surface area contributed by atoms with Crippen molar-refractivity contribution >= 4 is 12.1 Å². The highest BCUT2D eigenvalue weighted by molar-refractivity contribution is 5.81. The number of fused-ring (bicyclic) bond motifs is 3. The van der Waals surface area contributed by atoms with E-state index in [-0.39, 0.29) is 18.6 Å². The first-order valence-electron chi connectivity index (χ1n) is 9.94. The Hall–Kier alpha value is -3.88. The van der Waals surface area contributed by atoms with E-state index in [4.69, 9.17) is 4.74 Å². The summed E-state index contributed by atoms with van der Waals surface area (Å²) in [7, 11) is 0. The van der Waals surface area contributed by atoms with E-state index < -0.39 is 53.4 Å². The maximum absolute atomic E-state index is 13.9. The number of halogens is 4. The van der Waals surface area contributed by atoms with Gasteiger partial charge in [0.2, 0.25) is 0 Å². The molecule has 0 aromatic heterocycles. The van der Waals surface area contributed by atoms with E-state index in [1.54, 1.807) is 0 Å². The van der Waals surface area contributed by atoms with Crippen molar-refractivity contribution in [2.24, 2.45) is 0 Å². The number of aliphatic carboxylic acids is 1. The Bertz CT molecular complexity index is 1180. The molecule has 0 unspecified atom stereocenters. The van der Waals surface area contributed by atoms with Gasteiger partial charge in [-0.15, -0.1) is 0 Å². The van der Waals surface area contributed by atoms with E-state index in [1.165, 1.54) is 0 Å².